The lowest BCUT2D eigenvalue weighted by molar-refractivity contribution is 0.305. The summed E-state index contributed by atoms with van der Waals surface area (Å²) in [7, 11) is 3.74. The van der Waals surface area contributed by atoms with E-state index >= 15 is 0 Å². The summed E-state index contributed by atoms with van der Waals surface area (Å²) in [5.41, 5.74) is 0.667. The third-order valence-electron chi connectivity index (χ3n) is 2.79. The van der Waals surface area contributed by atoms with Gasteiger partial charge in [0.1, 0.15) is 0 Å². The topological polar surface area (TPSA) is 58.4 Å². The van der Waals surface area contributed by atoms with E-state index in [2.05, 4.69) is 16.9 Å². The number of aromatic nitrogens is 2. The van der Waals surface area contributed by atoms with Gasteiger partial charge in [0.25, 0.3) is 5.56 Å². The highest BCUT2D eigenvalue weighted by molar-refractivity contribution is 7.12. The summed E-state index contributed by atoms with van der Waals surface area (Å²) in [5, 5.41) is 12.9. The molecular formula is C15H17N3O2S. The van der Waals surface area contributed by atoms with Gasteiger partial charge in [-0.25, -0.2) is 4.68 Å². The Kier molecular flexibility index (Phi) is 5.14. The van der Waals surface area contributed by atoms with Gasteiger partial charge in [-0.1, -0.05) is 11.8 Å². The molecule has 0 bridgehead atoms. The minimum atomic E-state index is -0.123. The van der Waals surface area contributed by atoms with E-state index in [0.717, 1.165) is 15.4 Å². The van der Waals surface area contributed by atoms with Gasteiger partial charge in [-0.3, -0.25) is 4.79 Å². The molecule has 0 fully saturated rings. The van der Waals surface area contributed by atoms with Crippen molar-refractivity contribution in [2.75, 3.05) is 25.6 Å². The maximum Gasteiger partial charge on any atom is 0.269 e. The average molecular weight is 303 g/mol. The molecule has 2 aromatic rings. The molecule has 0 aromatic carbocycles. The molecule has 0 atom stereocenters. The molecule has 0 radical (unpaired) electrons. The van der Waals surface area contributed by atoms with Crippen LogP contribution in [-0.2, 0) is 6.54 Å². The largest absolute Gasteiger partial charge is 0.395 e. The lowest BCUT2D eigenvalue weighted by Gasteiger charge is -2.11. The van der Waals surface area contributed by atoms with Crippen LogP contribution in [0.2, 0.25) is 0 Å². The Morgan fingerprint density at radius 1 is 1.43 bits per heavy atom. The van der Waals surface area contributed by atoms with Gasteiger partial charge >= 0.3 is 0 Å². The first kappa shape index (κ1) is 15.3. The Labute approximate surface area is 127 Å². The minimum absolute atomic E-state index is 0.0722. The van der Waals surface area contributed by atoms with Gasteiger partial charge in [0, 0.05) is 31.5 Å². The Hall–Kier alpha value is -2.10. The maximum absolute atomic E-state index is 12.0. The van der Waals surface area contributed by atoms with Gasteiger partial charge in [-0.05, 0) is 12.1 Å². The van der Waals surface area contributed by atoms with Crippen LogP contribution >= 0.6 is 11.3 Å². The second-order valence-electron chi connectivity index (χ2n) is 4.65. The molecule has 0 unspecified atom stereocenters. The van der Waals surface area contributed by atoms with Gasteiger partial charge in [0.05, 0.1) is 29.9 Å². The molecule has 0 aliphatic heterocycles. The van der Waals surface area contributed by atoms with Crippen LogP contribution < -0.4 is 10.5 Å². The molecule has 2 rings (SSSR count). The van der Waals surface area contributed by atoms with Crippen molar-refractivity contribution in [1.82, 2.24) is 9.78 Å². The van der Waals surface area contributed by atoms with E-state index in [1.165, 1.54) is 16.0 Å². The lowest BCUT2D eigenvalue weighted by atomic mass is 10.4. The van der Waals surface area contributed by atoms with Crippen LogP contribution in [0.1, 0.15) is 16.2 Å². The summed E-state index contributed by atoms with van der Waals surface area (Å²) >= 11 is 1.53. The third kappa shape index (κ3) is 4.18. The molecule has 5 nitrogen and oxygen atoms in total. The quantitative estimate of drug-likeness (QED) is 0.861. The van der Waals surface area contributed by atoms with Crippen LogP contribution in [0.4, 0.5) is 5.69 Å². The van der Waals surface area contributed by atoms with Gasteiger partial charge in [0.15, 0.2) is 0 Å². The monoisotopic (exact) mass is 303 g/mol. The first-order chi connectivity index (χ1) is 10.1. The van der Waals surface area contributed by atoms with E-state index < -0.39 is 0 Å². The number of aliphatic hydroxyl groups is 1. The van der Waals surface area contributed by atoms with Crippen molar-refractivity contribution in [3.05, 3.63) is 44.5 Å². The predicted octanol–water partition coefficient (Wildman–Crippen LogP) is 1.15. The van der Waals surface area contributed by atoms with E-state index in [1.54, 1.807) is 12.3 Å². The first-order valence-electron chi connectivity index (χ1n) is 6.53. The average Bonchev–Trinajstić information content (AvgIpc) is 2.89. The van der Waals surface area contributed by atoms with Gasteiger partial charge in [-0.15, -0.1) is 11.3 Å². The summed E-state index contributed by atoms with van der Waals surface area (Å²) < 4.78 is 1.43. The summed E-state index contributed by atoms with van der Waals surface area (Å²) in [6.45, 7) is 0.516. The van der Waals surface area contributed by atoms with Crippen LogP contribution in [0, 0.1) is 11.8 Å². The molecule has 0 spiro atoms. The molecule has 0 aliphatic rings. The summed E-state index contributed by atoms with van der Waals surface area (Å²) in [5.74, 6) is 5.87. The molecule has 0 saturated carbocycles. The van der Waals surface area contributed by atoms with E-state index in [-0.39, 0.29) is 12.2 Å². The first-order valence-corrected chi connectivity index (χ1v) is 7.34. The van der Waals surface area contributed by atoms with Gasteiger partial charge < -0.3 is 10.0 Å². The zero-order chi connectivity index (χ0) is 15.2. The van der Waals surface area contributed by atoms with Crippen molar-refractivity contribution in [3.63, 3.8) is 0 Å². The fraction of sp³-hybridized carbons (Fsp3) is 0.333. The minimum Gasteiger partial charge on any atom is -0.395 e. The van der Waals surface area contributed by atoms with Crippen molar-refractivity contribution < 1.29 is 5.11 Å². The van der Waals surface area contributed by atoms with Crippen LogP contribution in [0.5, 0.6) is 0 Å². The highest BCUT2D eigenvalue weighted by atomic mass is 32.1. The van der Waals surface area contributed by atoms with Crippen LogP contribution in [-0.4, -0.2) is 35.6 Å². The molecule has 1 N–H and O–H groups in total. The highest BCUT2D eigenvalue weighted by Crippen LogP contribution is 2.16. The summed E-state index contributed by atoms with van der Waals surface area (Å²) in [6.07, 6.45) is 2.15. The fourth-order valence-electron chi connectivity index (χ4n) is 1.67. The lowest BCUT2D eigenvalue weighted by Crippen LogP contribution is -2.24. The maximum atomic E-state index is 12.0. The third-order valence-corrected chi connectivity index (χ3v) is 3.77. The van der Waals surface area contributed by atoms with Crippen molar-refractivity contribution in [2.24, 2.45) is 0 Å². The van der Waals surface area contributed by atoms with Gasteiger partial charge in [-0.2, -0.15) is 5.10 Å². The zero-order valence-corrected chi connectivity index (χ0v) is 12.9. The van der Waals surface area contributed by atoms with Gasteiger partial charge in [0.2, 0.25) is 0 Å². The SMILES string of the molecule is CN(C)c1cnn(Cc2ccc(C#CCCO)s2)c(=O)c1. The van der Waals surface area contributed by atoms with Crippen molar-refractivity contribution in [2.45, 2.75) is 13.0 Å². The second-order valence-corrected chi connectivity index (χ2v) is 5.81. The second kappa shape index (κ2) is 7.07. The molecule has 2 aromatic heterocycles. The summed E-state index contributed by atoms with van der Waals surface area (Å²) in [6, 6.07) is 5.44. The number of thiophene rings is 1. The molecule has 0 saturated heterocycles. The molecule has 6 heteroatoms. The molecule has 2 heterocycles. The fourth-order valence-corrected chi connectivity index (χ4v) is 2.54. The Bertz CT molecular complexity index is 722. The van der Waals surface area contributed by atoms with Crippen molar-refractivity contribution in [1.29, 1.82) is 0 Å². The van der Waals surface area contributed by atoms with Crippen LogP contribution in [0.25, 0.3) is 0 Å². The number of rotatable bonds is 4. The molecule has 110 valence electrons. The normalized spacial score (nSPS) is 10.0. The number of aliphatic hydroxyl groups excluding tert-OH is 1. The number of hydrogen-bond donors (Lipinski definition) is 1. The van der Waals surface area contributed by atoms with E-state index in [1.807, 2.05) is 31.1 Å². The van der Waals surface area contributed by atoms with Crippen LogP contribution in [0.3, 0.4) is 0 Å². The summed E-state index contributed by atoms with van der Waals surface area (Å²) in [4.78, 5) is 15.8. The number of nitrogens with zero attached hydrogens (tertiary/aromatic N) is 3. The van der Waals surface area contributed by atoms with E-state index in [4.69, 9.17) is 5.11 Å². The number of hydrogen-bond acceptors (Lipinski definition) is 5. The van der Waals surface area contributed by atoms with E-state index in [0.29, 0.717) is 13.0 Å². The number of anilines is 1. The predicted molar refractivity (Wildman–Crippen MR) is 84.8 cm³/mol. The molecule has 0 amide bonds. The van der Waals surface area contributed by atoms with Crippen molar-refractivity contribution in [3.8, 4) is 11.8 Å². The Morgan fingerprint density at radius 2 is 2.24 bits per heavy atom. The van der Waals surface area contributed by atoms with Crippen molar-refractivity contribution >= 4 is 17.0 Å². The standard InChI is InChI=1S/C15H17N3O2S/c1-17(2)12-9-15(20)18(16-10-12)11-14-7-6-13(21-14)5-3-4-8-19/h6-7,9-10,19H,4,8,11H2,1-2H3. The molecule has 0 aliphatic carbocycles. The Balaban J connectivity index is 2.12. The zero-order valence-electron chi connectivity index (χ0n) is 12.0. The van der Waals surface area contributed by atoms with Crippen LogP contribution in [0.15, 0.2) is 29.2 Å². The Morgan fingerprint density at radius 3 is 2.90 bits per heavy atom. The molecular weight excluding hydrogens is 286 g/mol. The smallest absolute Gasteiger partial charge is 0.269 e. The van der Waals surface area contributed by atoms with E-state index in [9.17, 15) is 4.79 Å². The highest BCUT2D eigenvalue weighted by Gasteiger charge is 2.04. The molecule has 21 heavy (non-hydrogen) atoms.